The van der Waals surface area contributed by atoms with E-state index in [4.69, 9.17) is 0 Å². The summed E-state index contributed by atoms with van der Waals surface area (Å²) in [4.78, 5) is 33.0. The molecule has 0 unspecified atom stereocenters. The van der Waals surface area contributed by atoms with Crippen LogP contribution in [0.15, 0.2) is 36.5 Å². The first-order chi connectivity index (χ1) is 14.1. The van der Waals surface area contributed by atoms with E-state index in [0.717, 1.165) is 35.3 Å². The van der Waals surface area contributed by atoms with Gasteiger partial charge in [-0.2, -0.15) is 0 Å². The predicted molar refractivity (Wildman–Crippen MR) is 106 cm³/mol. The number of amides is 2. The van der Waals surface area contributed by atoms with Gasteiger partial charge in [0.2, 0.25) is 5.91 Å². The molecule has 0 atom stereocenters. The first-order valence-electron chi connectivity index (χ1n) is 9.92. The van der Waals surface area contributed by atoms with Gasteiger partial charge in [0.15, 0.2) is 0 Å². The topological polar surface area (TPSA) is 84.2 Å². The normalized spacial score (nSPS) is 17.2. The highest BCUT2D eigenvalue weighted by atomic mass is 16.2. The largest absolute Gasteiger partial charge is 0.337 e. The van der Waals surface area contributed by atoms with E-state index in [2.05, 4.69) is 15.3 Å². The average Bonchev–Trinajstić information content (AvgIpc) is 3.29. The second-order valence-corrected chi connectivity index (χ2v) is 7.80. The van der Waals surface area contributed by atoms with E-state index in [1.165, 1.54) is 0 Å². The lowest BCUT2D eigenvalue weighted by atomic mass is 10.0. The third-order valence-electron chi connectivity index (χ3n) is 5.70. The third kappa shape index (κ3) is 3.24. The molecule has 29 heavy (non-hydrogen) atoms. The smallest absolute Gasteiger partial charge is 0.256 e. The lowest BCUT2D eigenvalue weighted by Gasteiger charge is -2.39. The van der Waals surface area contributed by atoms with E-state index >= 15 is 0 Å². The van der Waals surface area contributed by atoms with Gasteiger partial charge in [-0.15, -0.1) is 5.10 Å². The molecule has 2 aliphatic rings. The molecule has 5 rings (SSSR count). The highest BCUT2D eigenvalue weighted by Gasteiger charge is 2.34. The van der Waals surface area contributed by atoms with Crippen LogP contribution in [0.25, 0.3) is 10.9 Å². The second-order valence-electron chi connectivity index (χ2n) is 7.80. The monoisotopic (exact) mass is 390 g/mol. The number of nitrogens with zero attached hydrogens (tertiary/aromatic N) is 6. The summed E-state index contributed by atoms with van der Waals surface area (Å²) in [7, 11) is 0. The number of aromatic nitrogens is 4. The number of aryl methyl sites for hydroxylation is 1. The van der Waals surface area contributed by atoms with Crippen LogP contribution in [0.5, 0.6) is 0 Å². The lowest BCUT2D eigenvalue weighted by molar-refractivity contribution is -0.128. The molecule has 2 amide bonds. The lowest BCUT2D eigenvalue weighted by Crippen LogP contribution is -2.51. The molecule has 2 saturated heterocycles. The summed E-state index contributed by atoms with van der Waals surface area (Å²) in [6.07, 6.45) is 3.42. The van der Waals surface area contributed by atoms with Crippen molar-refractivity contribution >= 4 is 22.7 Å². The van der Waals surface area contributed by atoms with Crippen LogP contribution in [-0.4, -0.2) is 61.2 Å². The number of para-hydroxylation sites is 1. The Morgan fingerprint density at radius 1 is 1.21 bits per heavy atom. The number of hydrogen-bond acceptors (Lipinski definition) is 5. The summed E-state index contributed by atoms with van der Waals surface area (Å²) in [5.74, 6) is 0.173. The van der Waals surface area contributed by atoms with Gasteiger partial charge >= 0.3 is 0 Å². The van der Waals surface area contributed by atoms with Crippen molar-refractivity contribution in [1.82, 2.24) is 29.8 Å². The maximum atomic E-state index is 13.0. The zero-order valence-corrected chi connectivity index (χ0v) is 16.3. The summed E-state index contributed by atoms with van der Waals surface area (Å²) in [5.41, 5.74) is 3.07. The quantitative estimate of drug-likeness (QED) is 0.680. The predicted octanol–water partition coefficient (Wildman–Crippen LogP) is 1.95. The molecule has 8 heteroatoms. The first kappa shape index (κ1) is 17.8. The number of pyridine rings is 1. The minimum atomic E-state index is -0.00653. The zero-order chi connectivity index (χ0) is 20.0. The van der Waals surface area contributed by atoms with Crippen LogP contribution >= 0.6 is 0 Å². The molecular weight excluding hydrogens is 368 g/mol. The van der Waals surface area contributed by atoms with E-state index in [1.54, 1.807) is 0 Å². The fraction of sp³-hybridized carbons (Fsp3) is 0.381. The Balaban J connectivity index is 1.26. The van der Waals surface area contributed by atoms with Crippen LogP contribution in [0.2, 0.25) is 0 Å². The van der Waals surface area contributed by atoms with Gasteiger partial charge in [-0.1, -0.05) is 23.4 Å². The molecule has 2 fully saturated rings. The Hall–Kier alpha value is -3.29. The SMILES string of the molecule is Cc1ccc2cccc(C(=O)N3CC(n4cc(CN5CCCC5=O)nn4)C3)c2n1. The maximum absolute atomic E-state index is 13.0. The molecule has 0 aliphatic carbocycles. The van der Waals surface area contributed by atoms with Gasteiger partial charge < -0.3 is 9.80 Å². The molecule has 0 spiro atoms. The fourth-order valence-corrected chi connectivity index (χ4v) is 4.01. The molecule has 148 valence electrons. The van der Waals surface area contributed by atoms with Crippen molar-refractivity contribution in [1.29, 1.82) is 0 Å². The van der Waals surface area contributed by atoms with Crippen molar-refractivity contribution < 1.29 is 9.59 Å². The Morgan fingerprint density at radius 2 is 2.07 bits per heavy atom. The minimum absolute atomic E-state index is 0.00653. The molecule has 8 nitrogen and oxygen atoms in total. The number of rotatable bonds is 4. The van der Waals surface area contributed by atoms with Gasteiger partial charge in [0, 0.05) is 37.1 Å². The van der Waals surface area contributed by atoms with Crippen molar-refractivity contribution in [2.45, 2.75) is 32.4 Å². The minimum Gasteiger partial charge on any atom is -0.337 e. The van der Waals surface area contributed by atoms with Crippen LogP contribution < -0.4 is 0 Å². The van der Waals surface area contributed by atoms with Crippen molar-refractivity contribution in [3.8, 4) is 0 Å². The van der Waals surface area contributed by atoms with Crippen molar-refractivity contribution in [3.63, 3.8) is 0 Å². The van der Waals surface area contributed by atoms with E-state index < -0.39 is 0 Å². The van der Waals surface area contributed by atoms with Crippen LogP contribution in [0.1, 0.15) is 40.6 Å². The van der Waals surface area contributed by atoms with Gasteiger partial charge in [-0.25, -0.2) is 4.68 Å². The fourth-order valence-electron chi connectivity index (χ4n) is 4.01. The van der Waals surface area contributed by atoms with Crippen LogP contribution in [0.3, 0.4) is 0 Å². The van der Waals surface area contributed by atoms with Gasteiger partial charge in [-0.3, -0.25) is 14.6 Å². The summed E-state index contributed by atoms with van der Waals surface area (Å²) < 4.78 is 1.81. The second kappa shape index (κ2) is 6.95. The number of likely N-dealkylation sites (tertiary alicyclic amines) is 2. The van der Waals surface area contributed by atoms with Gasteiger partial charge in [0.25, 0.3) is 5.91 Å². The van der Waals surface area contributed by atoms with Gasteiger partial charge in [-0.05, 0) is 25.5 Å². The van der Waals surface area contributed by atoms with Gasteiger partial charge in [0.05, 0.1) is 29.9 Å². The Labute approximate surface area is 168 Å². The molecule has 3 aromatic rings. The van der Waals surface area contributed by atoms with Crippen LogP contribution in [-0.2, 0) is 11.3 Å². The summed E-state index contributed by atoms with van der Waals surface area (Å²) in [6, 6.07) is 9.76. The summed E-state index contributed by atoms with van der Waals surface area (Å²) >= 11 is 0. The molecule has 1 aromatic carbocycles. The number of hydrogen-bond donors (Lipinski definition) is 0. The van der Waals surface area contributed by atoms with Crippen molar-refractivity contribution in [3.05, 3.63) is 53.5 Å². The Morgan fingerprint density at radius 3 is 2.86 bits per heavy atom. The van der Waals surface area contributed by atoms with E-state index in [1.807, 2.05) is 57.9 Å². The first-order valence-corrected chi connectivity index (χ1v) is 9.92. The van der Waals surface area contributed by atoms with Crippen LogP contribution in [0, 0.1) is 6.92 Å². The summed E-state index contributed by atoms with van der Waals surface area (Å²) in [6.45, 7) is 4.41. The standard InChI is InChI=1S/C21H22N6O2/c1-14-7-8-15-4-2-5-18(20(15)22-14)21(29)26-12-17(13-26)27-11-16(23-24-27)10-25-9-3-6-19(25)28/h2,4-5,7-8,11,17H,3,6,9-10,12-13H2,1H3. The van der Waals surface area contributed by atoms with E-state index in [-0.39, 0.29) is 17.9 Å². The van der Waals surface area contributed by atoms with Crippen molar-refractivity contribution in [2.24, 2.45) is 0 Å². The molecule has 0 N–H and O–H groups in total. The Bertz CT molecular complexity index is 1100. The van der Waals surface area contributed by atoms with E-state index in [0.29, 0.717) is 31.6 Å². The Kier molecular flexibility index (Phi) is 4.26. The molecule has 0 saturated carbocycles. The zero-order valence-electron chi connectivity index (χ0n) is 16.3. The van der Waals surface area contributed by atoms with Crippen molar-refractivity contribution in [2.75, 3.05) is 19.6 Å². The molecule has 0 bridgehead atoms. The number of carbonyl (C=O) groups excluding carboxylic acids is 2. The highest BCUT2D eigenvalue weighted by molar-refractivity contribution is 6.05. The van der Waals surface area contributed by atoms with Crippen LogP contribution in [0.4, 0.5) is 0 Å². The molecule has 2 aliphatic heterocycles. The maximum Gasteiger partial charge on any atom is 0.256 e. The number of benzene rings is 1. The van der Waals surface area contributed by atoms with Gasteiger partial charge in [0.1, 0.15) is 5.69 Å². The number of carbonyl (C=O) groups is 2. The third-order valence-corrected chi connectivity index (χ3v) is 5.70. The van der Waals surface area contributed by atoms with E-state index in [9.17, 15) is 9.59 Å². The molecule has 4 heterocycles. The highest BCUT2D eigenvalue weighted by Crippen LogP contribution is 2.26. The number of fused-ring (bicyclic) bond motifs is 1. The molecular formula is C21H22N6O2. The molecule has 0 radical (unpaired) electrons. The average molecular weight is 390 g/mol. The molecule has 2 aromatic heterocycles. The summed E-state index contributed by atoms with van der Waals surface area (Å²) in [5, 5.41) is 9.38.